The second-order valence-corrected chi connectivity index (χ2v) is 4.40. The Morgan fingerprint density at radius 2 is 1.59 bits per heavy atom. The topological polar surface area (TPSA) is 38.3 Å². The highest BCUT2D eigenvalue weighted by Crippen LogP contribution is 2.12. The first-order chi connectivity index (χ1) is 10.7. The van der Waals surface area contributed by atoms with Crippen molar-refractivity contribution in [3.05, 3.63) is 60.2 Å². The lowest BCUT2D eigenvalue weighted by Gasteiger charge is -2.06. The number of hydrogen-bond acceptors (Lipinski definition) is 2. The molecule has 0 unspecified atom stereocenters. The normalized spacial score (nSPS) is 8.59. The van der Waals surface area contributed by atoms with Crippen LogP contribution >= 0.6 is 0 Å². The number of carbonyl (C=O) groups is 1. The van der Waals surface area contributed by atoms with Crippen LogP contribution in [0.5, 0.6) is 5.75 Å². The molecular formula is C19H27NO2. The summed E-state index contributed by atoms with van der Waals surface area (Å²) in [7, 11) is 0. The van der Waals surface area contributed by atoms with Gasteiger partial charge in [0.05, 0.1) is 0 Å². The molecule has 0 radical (unpaired) electrons. The Morgan fingerprint density at radius 1 is 1.00 bits per heavy atom. The number of carbonyl (C=O) groups excluding carboxylic acids is 1. The van der Waals surface area contributed by atoms with Gasteiger partial charge < -0.3 is 4.74 Å². The van der Waals surface area contributed by atoms with Crippen molar-refractivity contribution in [2.24, 2.45) is 0 Å². The van der Waals surface area contributed by atoms with Gasteiger partial charge in [-0.05, 0) is 36.8 Å². The number of anilines is 1. The number of aryl methyl sites for hydroxylation is 1. The molecular weight excluding hydrogens is 274 g/mol. The molecule has 0 bridgehead atoms. The molecule has 0 fully saturated rings. The number of nitrogens with one attached hydrogen (secondary N) is 1. The van der Waals surface area contributed by atoms with Gasteiger partial charge in [-0.15, -0.1) is 0 Å². The van der Waals surface area contributed by atoms with Gasteiger partial charge in [-0.2, -0.15) is 0 Å². The van der Waals surface area contributed by atoms with E-state index in [1.807, 2.05) is 63.2 Å². The molecule has 0 aliphatic rings. The maximum atomic E-state index is 11.6. The Hall–Kier alpha value is -2.29. The minimum Gasteiger partial charge on any atom is -0.410 e. The maximum absolute atomic E-state index is 11.6. The summed E-state index contributed by atoms with van der Waals surface area (Å²) < 4.78 is 5.11. The highest BCUT2D eigenvalue weighted by Gasteiger charge is 2.04. The highest BCUT2D eigenvalue weighted by molar-refractivity contribution is 5.86. The van der Waals surface area contributed by atoms with Gasteiger partial charge in [0.25, 0.3) is 0 Å². The second-order valence-electron chi connectivity index (χ2n) is 4.40. The van der Waals surface area contributed by atoms with Crippen LogP contribution in [-0.4, -0.2) is 6.09 Å². The van der Waals surface area contributed by atoms with Crippen LogP contribution in [-0.2, 0) is 0 Å². The van der Waals surface area contributed by atoms with Crippen molar-refractivity contribution in [2.75, 3.05) is 5.32 Å². The third-order valence-electron chi connectivity index (χ3n) is 2.22. The number of amides is 1. The number of hydrogen-bond donors (Lipinski definition) is 1. The van der Waals surface area contributed by atoms with E-state index in [-0.39, 0.29) is 0 Å². The summed E-state index contributed by atoms with van der Waals surface area (Å²) in [5.41, 5.74) is 1.81. The fraction of sp³-hybridized carbons (Fsp3) is 0.316. The molecule has 0 aromatic heterocycles. The predicted molar refractivity (Wildman–Crippen MR) is 94.6 cm³/mol. The van der Waals surface area contributed by atoms with Crippen molar-refractivity contribution in [3.63, 3.8) is 0 Å². The van der Waals surface area contributed by atoms with Crippen LogP contribution in [0.1, 0.15) is 39.7 Å². The lowest BCUT2D eigenvalue weighted by atomic mass is 10.2. The monoisotopic (exact) mass is 301 g/mol. The van der Waals surface area contributed by atoms with Crippen LogP contribution in [0.25, 0.3) is 0 Å². The number of para-hydroxylation sites is 1. The molecule has 22 heavy (non-hydrogen) atoms. The lowest BCUT2D eigenvalue weighted by Crippen LogP contribution is -2.16. The van der Waals surface area contributed by atoms with E-state index in [0.717, 1.165) is 11.3 Å². The molecule has 2 rings (SSSR count). The first-order valence-electron chi connectivity index (χ1n) is 7.76. The van der Waals surface area contributed by atoms with Gasteiger partial charge in [0.1, 0.15) is 5.75 Å². The molecule has 0 saturated carbocycles. The average Bonchev–Trinajstić information content (AvgIpc) is 2.51. The largest absolute Gasteiger partial charge is 0.417 e. The molecule has 0 atom stereocenters. The van der Waals surface area contributed by atoms with Crippen LogP contribution in [0.4, 0.5) is 10.5 Å². The molecule has 0 aliphatic carbocycles. The predicted octanol–water partition coefficient (Wildman–Crippen LogP) is 6.05. The number of rotatable bonds is 2. The van der Waals surface area contributed by atoms with Crippen LogP contribution in [0.2, 0.25) is 0 Å². The van der Waals surface area contributed by atoms with E-state index in [0.29, 0.717) is 5.75 Å². The molecule has 2 aromatic carbocycles. The molecule has 0 spiro atoms. The molecule has 1 N–H and O–H groups in total. The van der Waals surface area contributed by atoms with Gasteiger partial charge >= 0.3 is 6.09 Å². The van der Waals surface area contributed by atoms with Crippen molar-refractivity contribution < 1.29 is 9.53 Å². The van der Waals surface area contributed by atoms with E-state index in [1.165, 1.54) is 6.42 Å². The molecule has 3 nitrogen and oxygen atoms in total. The van der Waals surface area contributed by atoms with Crippen molar-refractivity contribution in [1.82, 2.24) is 0 Å². The third-order valence-corrected chi connectivity index (χ3v) is 2.22. The molecule has 2 aromatic rings. The number of benzene rings is 2. The first kappa shape index (κ1) is 19.7. The zero-order chi connectivity index (χ0) is 16.8. The molecule has 0 heterocycles. The summed E-state index contributed by atoms with van der Waals surface area (Å²) in [6.07, 6.45) is 0.766. The zero-order valence-electron chi connectivity index (χ0n) is 14.2. The van der Waals surface area contributed by atoms with Gasteiger partial charge in [-0.3, -0.25) is 5.32 Å². The molecule has 1 amide bonds. The summed E-state index contributed by atoms with van der Waals surface area (Å²) in [4.78, 5) is 11.6. The molecule has 0 aliphatic heterocycles. The van der Waals surface area contributed by atoms with Crippen molar-refractivity contribution in [3.8, 4) is 5.75 Å². The Kier molecular flexibility index (Phi) is 11.2. The van der Waals surface area contributed by atoms with E-state index < -0.39 is 6.09 Å². The van der Waals surface area contributed by atoms with Gasteiger partial charge in [-0.1, -0.05) is 64.4 Å². The summed E-state index contributed by atoms with van der Waals surface area (Å²) >= 11 is 0. The highest BCUT2D eigenvalue weighted by atomic mass is 16.6. The van der Waals surface area contributed by atoms with Crippen LogP contribution in [0, 0.1) is 6.92 Å². The van der Waals surface area contributed by atoms with E-state index in [9.17, 15) is 4.79 Å². The smallest absolute Gasteiger partial charge is 0.410 e. The average molecular weight is 301 g/mol. The summed E-state index contributed by atoms with van der Waals surface area (Å²) in [6, 6.07) is 16.5. The van der Waals surface area contributed by atoms with Crippen molar-refractivity contribution in [1.29, 1.82) is 0 Å². The van der Waals surface area contributed by atoms with Crippen LogP contribution in [0.3, 0.4) is 0 Å². The fourth-order valence-electron chi connectivity index (χ4n) is 1.46. The van der Waals surface area contributed by atoms with E-state index in [2.05, 4.69) is 19.2 Å². The van der Waals surface area contributed by atoms with Crippen molar-refractivity contribution >= 4 is 11.8 Å². The van der Waals surface area contributed by atoms with Crippen LogP contribution in [0.15, 0.2) is 54.6 Å². The summed E-state index contributed by atoms with van der Waals surface area (Å²) in [5, 5.41) is 2.67. The Balaban J connectivity index is 0.000000789. The second kappa shape index (κ2) is 12.5. The third kappa shape index (κ3) is 8.80. The van der Waals surface area contributed by atoms with Gasteiger partial charge in [-0.25, -0.2) is 4.79 Å². The summed E-state index contributed by atoms with van der Waals surface area (Å²) in [6.45, 7) is 10.2. The minimum atomic E-state index is -0.484. The van der Waals surface area contributed by atoms with Gasteiger partial charge in [0, 0.05) is 5.69 Å². The fourth-order valence-corrected chi connectivity index (χ4v) is 1.46. The maximum Gasteiger partial charge on any atom is 0.417 e. The SMILES string of the molecule is CC.CCC.Cc1cccc(NC(=O)Oc2ccccc2)c1. The first-order valence-corrected chi connectivity index (χ1v) is 7.76. The van der Waals surface area contributed by atoms with Crippen LogP contribution < -0.4 is 10.1 Å². The zero-order valence-corrected chi connectivity index (χ0v) is 14.2. The van der Waals surface area contributed by atoms with Gasteiger partial charge in [0.15, 0.2) is 0 Å². The van der Waals surface area contributed by atoms with Gasteiger partial charge in [0.2, 0.25) is 0 Å². The molecule has 0 saturated heterocycles. The van der Waals surface area contributed by atoms with E-state index >= 15 is 0 Å². The van der Waals surface area contributed by atoms with E-state index in [4.69, 9.17) is 4.74 Å². The minimum absolute atomic E-state index is 0.484. The van der Waals surface area contributed by atoms with E-state index in [1.54, 1.807) is 12.1 Å². The Bertz CT molecular complexity index is 524. The summed E-state index contributed by atoms with van der Waals surface area (Å²) in [5.74, 6) is 0.526. The standard InChI is InChI=1S/C14H13NO2.C3H8.C2H6/c1-11-6-5-7-12(10-11)15-14(16)17-13-8-3-2-4-9-13;1-3-2;1-2/h2-10H,1H3,(H,15,16);3H2,1-2H3;1-2H3. The molecule has 120 valence electrons. The lowest BCUT2D eigenvalue weighted by molar-refractivity contribution is 0.215. The Labute approximate surface area is 134 Å². The Morgan fingerprint density at radius 3 is 2.14 bits per heavy atom. The molecule has 3 heteroatoms. The quantitative estimate of drug-likeness (QED) is 0.733. The van der Waals surface area contributed by atoms with Crippen molar-refractivity contribution in [2.45, 2.75) is 41.0 Å². The number of ether oxygens (including phenoxy) is 1.